The highest BCUT2D eigenvalue weighted by molar-refractivity contribution is 5.92. The average molecular weight is 286 g/mol. The molecule has 1 atom stereocenters. The van der Waals surface area contributed by atoms with E-state index in [4.69, 9.17) is 0 Å². The quantitative estimate of drug-likeness (QED) is 0.857. The van der Waals surface area contributed by atoms with E-state index in [0.29, 0.717) is 5.69 Å². The van der Waals surface area contributed by atoms with Gasteiger partial charge < -0.3 is 10.6 Å². The number of amides is 1. The summed E-state index contributed by atoms with van der Waals surface area (Å²) in [5.41, 5.74) is 1.83. The summed E-state index contributed by atoms with van der Waals surface area (Å²) < 4.78 is 12.8. The monoisotopic (exact) mass is 286 g/mol. The van der Waals surface area contributed by atoms with Crippen LogP contribution in [0.2, 0.25) is 0 Å². The lowest BCUT2D eigenvalue weighted by Crippen LogP contribution is -2.35. The average Bonchev–Trinajstić information content (AvgIpc) is 2.49. The first-order valence-electron chi connectivity index (χ1n) is 6.96. The van der Waals surface area contributed by atoms with Crippen molar-refractivity contribution in [2.75, 3.05) is 11.9 Å². The van der Waals surface area contributed by atoms with Crippen LogP contribution in [-0.4, -0.2) is 18.5 Å². The third-order valence-electron chi connectivity index (χ3n) is 3.12. The number of carbonyl (C=O) groups is 1. The van der Waals surface area contributed by atoms with Crippen LogP contribution in [0.25, 0.3) is 0 Å². The van der Waals surface area contributed by atoms with Gasteiger partial charge in [0.25, 0.3) is 0 Å². The molecular weight excluding hydrogens is 267 g/mol. The number of nitrogens with one attached hydrogen (secondary N) is 2. The Kier molecular flexibility index (Phi) is 5.46. The minimum absolute atomic E-state index is 0.137. The van der Waals surface area contributed by atoms with Crippen LogP contribution in [-0.2, 0) is 11.2 Å². The van der Waals surface area contributed by atoms with Crippen LogP contribution in [0.5, 0.6) is 0 Å². The Morgan fingerprint density at radius 1 is 1.10 bits per heavy atom. The molecule has 0 saturated carbocycles. The molecular formula is C17H19FN2O. The van der Waals surface area contributed by atoms with E-state index in [2.05, 4.69) is 22.8 Å². The van der Waals surface area contributed by atoms with E-state index in [0.717, 1.165) is 6.42 Å². The third kappa shape index (κ3) is 5.36. The molecule has 2 aromatic carbocycles. The summed E-state index contributed by atoms with van der Waals surface area (Å²) in [6, 6.07) is 16.0. The van der Waals surface area contributed by atoms with E-state index >= 15 is 0 Å². The SMILES string of the molecule is CC(Cc1ccccc1)NCC(=O)Nc1ccc(F)cc1. The van der Waals surface area contributed by atoms with Gasteiger partial charge in [-0.3, -0.25) is 4.79 Å². The Hall–Kier alpha value is -2.20. The van der Waals surface area contributed by atoms with Crippen LogP contribution in [0, 0.1) is 5.82 Å². The molecule has 2 aromatic rings. The molecule has 4 heteroatoms. The Bertz CT molecular complexity index is 569. The van der Waals surface area contributed by atoms with Gasteiger partial charge in [-0.1, -0.05) is 30.3 Å². The molecule has 0 heterocycles. The van der Waals surface area contributed by atoms with E-state index < -0.39 is 0 Å². The third-order valence-corrected chi connectivity index (χ3v) is 3.12. The Morgan fingerprint density at radius 3 is 2.43 bits per heavy atom. The second kappa shape index (κ2) is 7.55. The smallest absolute Gasteiger partial charge is 0.238 e. The van der Waals surface area contributed by atoms with E-state index in [9.17, 15) is 9.18 Å². The van der Waals surface area contributed by atoms with Gasteiger partial charge in [0.05, 0.1) is 6.54 Å². The largest absolute Gasteiger partial charge is 0.325 e. The van der Waals surface area contributed by atoms with Crippen molar-refractivity contribution in [3.63, 3.8) is 0 Å². The molecule has 3 nitrogen and oxygen atoms in total. The highest BCUT2D eigenvalue weighted by atomic mass is 19.1. The number of benzene rings is 2. The second-order valence-corrected chi connectivity index (χ2v) is 5.03. The number of hydrogen-bond acceptors (Lipinski definition) is 2. The standard InChI is InChI=1S/C17H19FN2O/c1-13(11-14-5-3-2-4-6-14)19-12-17(21)20-16-9-7-15(18)8-10-16/h2-10,13,19H,11-12H2,1H3,(H,20,21). The molecule has 2 rings (SSSR count). The van der Waals surface area contributed by atoms with Crippen molar-refractivity contribution in [2.45, 2.75) is 19.4 Å². The van der Waals surface area contributed by atoms with Gasteiger partial charge in [0, 0.05) is 11.7 Å². The van der Waals surface area contributed by atoms with Crippen molar-refractivity contribution >= 4 is 11.6 Å². The molecule has 110 valence electrons. The zero-order chi connectivity index (χ0) is 15.1. The first kappa shape index (κ1) is 15.2. The predicted molar refractivity (Wildman–Crippen MR) is 82.6 cm³/mol. The van der Waals surface area contributed by atoms with Crippen LogP contribution in [0.4, 0.5) is 10.1 Å². The Labute approximate surface area is 124 Å². The minimum atomic E-state index is -0.317. The van der Waals surface area contributed by atoms with E-state index in [1.54, 1.807) is 12.1 Å². The van der Waals surface area contributed by atoms with E-state index in [1.807, 2.05) is 25.1 Å². The maximum Gasteiger partial charge on any atom is 0.238 e. The highest BCUT2D eigenvalue weighted by Crippen LogP contribution is 2.08. The van der Waals surface area contributed by atoms with Gasteiger partial charge in [-0.15, -0.1) is 0 Å². The number of carbonyl (C=O) groups excluding carboxylic acids is 1. The molecule has 1 amide bonds. The van der Waals surface area contributed by atoms with Crippen LogP contribution in [0.1, 0.15) is 12.5 Å². The van der Waals surface area contributed by atoms with Gasteiger partial charge >= 0.3 is 0 Å². The first-order valence-corrected chi connectivity index (χ1v) is 6.96. The lowest BCUT2D eigenvalue weighted by molar-refractivity contribution is -0.115. The van der Waals surface area contributed by atoms with Gasteiger partial charge in [0.15, 0.2) is 0 Å². The maximum absolute atomic E-state index is 12.8. The fourth-order valence-corrected chi connectivity index (χ4v) is 2.05. The van der Waals surface area contributed by atoms with Crippen LogP contribution >= 0.6 is 0 Å². The fraction of sp³-hybridized carbons (Fsp3) is 0.235. The van der Waals surface area contributed by atoms with Crippen molar-refractivity contribution in [3.05, 3.63) is 66.0 Å². The molecule has 0 aliphatic carbocycles. The number of rotatable bonds is 6. The molecule has 0 saturated heterocycles. The van der Waals surface area contributed by atoms with Crippen molar-refractivity contribution in [1.29, 1.82) is 0 Å². The number of hydrogen-bond donors (Lipinski definition) is 2. The fourth-order valence-electron chi connectivity index (χ4n) is 2.05. The molecule has 0 radical (unpaired) electrons. The normalized spacial score (nSPS) is 11.9. The van der Waals surface area contributed by atoms with Crippen molar-refractivity contribution < 1.29 is 9.18 Å². The molecule has 2 N–H and O–H groups in total. The van der Waals surface area contributed by atoms with Gasteiger partial charge in [-0.2, -0.15) is 0 Å². The van der Waals surface area contributed by atoms with Crippen LogP contribution in [0.15, 0.2) is 54.6 Å². The topological polar surface area (TPSA) is 41.1 Å². The molecule has 0 spiro atoms. The molecule has 0 bridgehead atoms. The number of anilines is 1. The maximum atomic E-state index is 12.8. The minimum Gasteiger partial charge on any atom is -0.325 e. The summed E-state index contributed by atoms with van der Waals surface area (Å²) in [5, 5.41) is 5.90. The lowest BCUT2D eigenvalue weighted by atomic mass is 10.1. The van der Waals surface area contributed by atoms with E-state index in [-0.39, 0.29) is 24.3 Å². The van der Waals surface area contributed by atoms with Gasteiger partial charge in [0.2, 0.25) is 5.91 Å². The summed E-state index contributed by atoms with van der Waals surface area (Å²) in [7, 11) is 0. The second-order valence-electron chi connectivity index (χ2n) is 5.03. The highest BCUT2D eigenvalue weighted by Gasteiger charge is 2.06. The summed E-state index contributed by atoms with van der Waals surface area (Å²) in [4.78, 5) is 11.8. The van der Waals surface area contributed by atoms with Gasteiger partial charge in [0.1, 0.15) is 5.82 Å². The molecule has 0 aliphatic rings. The molecule has 1 unspecified atom stereocenters. The molecule has 0 aliphatic heterocycles. The summed E-state index contributed by atoms with van der Waals surface area (Å²) in [6.45, 7) is 2.27. The van der Waals surface area contributed by atoms with Gasteiger partial charge in [-0.25, -0.2) is 4.39 Å². The van der Waals surface area contributed by atoms with Gasteiger partial charge in [-0.05, 0) is 43.2 Å². The van der Waals surface area contributed by atoms with Crippen molar-refractivity contribution in [3.8, 4) is 0 Å². The van der Waals surface area contributed by atoms with E-state index in [1.165, 1.54) is 17.7 Å². The number of halogens is 1. The van der Waals surface area contributed by atoms with Crippen LogP contribution < -0.4 is 10.6 Å². The van der Waals surface area contributed by atoms with Crippen molar-refractivity contribution in [1.82, 2.24) is 5.32 Å². The molecule has 21 heavy (non-hydrogen) atoms. The molecule has 0 fully saturated rings. The lowest BCUT2D eigenvalue weighted by Gasteiger charge is -2.14. The zero-order valence-corrected chi connectivity index (χ0v) is 12.0. The summed E-state index contributed by atoms with van der Waals surface area (Å²) in [6.07, 6.45) is 0.866. The first-order chi connectivity index (χ1) is 10.1. The zero-order valence-electron chi connectivity index (χ0n) is 12.0. The summed E-state index contributed by atoms with van der Waals surface area (Å²) >= 11 is 0. The molecule has 0 aromatic heterocycles. The summed E-state index contributed by atoms with van der Waals surface area (Å²) in [5.74, 6) is -0.455. The Morgan fingerprint density at radius 2 is 1.76 bits per heavy atom. The predicted octanol–water partition coefficient (Wildman–Crippen LogP) is 2.99. The van der Waals surface area contributed by atoms with Crippen LogP contribution in [0.3, 0.4) is 0 Å². The van der Waals surface area contributed by atoms with Crippen molar-refractivity contribution in [2.24, 2.45) is 0 Å². The Balaban J connectivity index is 1.74.